The molecule has 0 N–H and O–H groups in total. The van der Waals surface area contributed by atoms with Gasteiger partial charge in [-0.2, -0.15) is 0 Å². The predicted molar refractivity (Wildman–Crippen MR) is 116 cm³/mol. The molecule has 1 atom stereocenters. The molecule has 0 aliphatic carbocycles. The summed E-state index contributed by atoms with van der Waals surface area (Å²) in [6.07, 6.45) is 3.15. The van der Waals surface area contributed by atoms with Crippen molar-refractivity contribution in [3.8, 4) is 5.75 Å². The Morgan fingerprint density at radius 2 is 1.96 bits per heavy atom. The third-order valence-electron chi connectivity index (χ3n) is 5.60. The number of para-hydroxylation sites is 2. The van der Waals surface area contributed by atoms with Gasteiger partial charge in [-0.25, -0.2) is 0 Å². The number of aryl methyl sites for hydroxylation is 1. The van der Waals surface area contributed by atoms with Gasteiger partial charge >= 0.3 is 0 Å². The van der Waals surface area contributed by atoms with E-state index in [9.17, 15) is 0 Å². The van der Waals surface area contributed by atoms with Gasteiger partial charge in [-0.05, 0) is 87.9 Å². The molecule has 3 nitrogen and oxygen atoms in total. The Labute approximate surface area is 164 Å². The minimum Gasteiger partial charge on any atom is -0.492 e. The van der Waals surface area contributed by atoms with Crippen molar-refractivity contribution in [2.45, 2.75) is 59.4 Å². The topological polar surface area (TPSA) is 24.8 Å². The Morgan fingerprint density at radius 3 is 2.67 bits per heavy atom. The zero-order valence-corrected chi connectivity index (χ0v) is 17.5. The van der Waals surface area contributed by atoms with Crippen LogP contribution in [0.2, 0.25) is 0 Å². The summed E-state index contributed by atoms with van der Waals surface area (Å²) in [4.78, 5) is 7.28. The lowest BCUT2D eigenvalue weighted by molar-refractivity contribution is 0.341. The first-order valence-corrected chi connectivity index (χ1v) is 10.1. The van der Waals surface area contributed by atoms with E-state index in [-0.39, 0.29) is 5.54 Å². The first-order chi connectivity index (χ1) is 12.9. The van der Waals surface area contributed by atoms with E-state index in [2.05, 4.69) is 51.7 Å². The molecule has 0 bridgehead atoms. The van der Waals surface area contributed by atoms with Crippen LogP contribution >= 0.6 is 0 Å². The average Bonchev–Trinajstić information content (AvgIpc) is 2.61. The van der Waals surface area contributed by atoms with Gasteiger partial charge in [0.25, 0.3) is 0 Å². The molecule has 3 rings (SSSR count). The van der Waals surface area contributed by atoms with Gasteiger partial charge in [-0.15, -0.1) is 0 Å². The summed E-state index contributed by atoms with van der Waals surface area (Å²) in [5.74, 6) is 1.38. The minimum absolute atomic E-state index is 0.194. The number of benzene rings is 2. The normalized spacial score (nSPS) is 18.6. The van der Waals surface area contributed by atoms with E-state index < -0.39 is 0 Å². The van der Waals surface area contributed by atoms with E-state index in [0.29, 0.717) is 12.5 Å². The number of rotatable bonds is 5. The van der Waals surface area contributed by atoms with Gasteiger partial charge in [0.1, 0.15) is 11.4 Å². The smallest absolute Gasteiger partial charge is 0.144 e. The van der Waals surface area contributed by atoms with Crippen molar-refractivity contribution < 1.29 is 4.74 Å². The number of hydrogen-bond acceptors (Lipinski definition) is 3. The molecule has 0 saturated carbocycles. The van der Waals surface area contributed by atoms with Crippen LogP contribution in [0.15, 0.2) is 41.4 Å². The quantitative estimate of drug-likeness (QED) is 0.585. The molecule has 0 saturated heterocycles. The molecule has 1 unspecified atom stereocenters. The second-order valence-electron chi connectivity index (χ2n) is 8.09. The van der Waals surface area contributed by atoms with E-state index in [1.54, 1.807) is 0 Å². The molecule has 144 valence electrons. The first-order valence-electron chi connectivity index (χ1n) is 10.1. The first kappa shape index (κ1) is 19.5. The van der Waals surface area contributed by atoms with Crippen molar-refractivity contribution in [1.29, 1.82) is 0 Å². The van der Waals surface area contributed by atoms with E-state index in [1.165, 1.54) is 28.8 Å². The molecule has 0 radical (unpaired) electrons. The standard InChI is InChI=1S/C24H32N2O/c1-7-26-22-13-17(3)19(14-20(22)18(4)15-24(26,5)6)16-25-21-11-9-10-12-23(21)27-8-2/h9-14,16,18H,7-8,15H2,1-6H3. The van der Waals surface area contributed by atoms with Crippen LogP contribution < -0.4 is 9.64 Å². The number of fused-ring (bicyclic) bond motifs is 1. The zero-order valence-electron chi connectivity index (χ0n) is 17.5. The van der Waals surface area contributed by atoms with Crippen LogP contribution in [0.4, 0.5) is 11.4 Å². The highest BCUT2D eigenvalue weighted by atomic mass is 16.5. The summed E-state index contributed by atoms with van der Waals surface area (Å²) < 4.78 is 5.69. The SMILES string of the molecule is CCOc1ccccc1N=Cc1cc2c(cc1C)N(CC)C(C)(C)CC2C. The van der Waals surface area contributed by atoms with Gasteiger partial charge in [-0.1, -0.05) is 19.1 Å². The van der Waals surface area contributed by atoms with E-state index in [1.807, 2.05) is 37.4 Å². The van der Waals surface area contributed by atoms with Crippen LogP contribution in [-0.4, -0.2) is 24.9 Å². The molecule has 1 heterocycles. The summed E-state index contributed by atoms with van der Waals surface area (Å²) in [6, 6.07) is 12.6. The Morgan fingerprint density at radius 1 is 1.22 bits per heavy atom. The third-order valence-corrected chi connectivity index (χ3v) is 5.60. The molecular weight excluding hydrogens is 332 g/mol. The Balaban J connectivity index is 1.99. The highest BCUT2D eigenvalue weighted by Crippen LogP contribution is 2.44. The summed E-state index contributed by atoms with van der Waals surface area (Å²) in [5, 5.41) is 0. The summed E-state index contributed by atoms with van der Waals surface area (Å²) in [6.45, 7) is 15.1. The largest absolute Gasteiger partial charge is 0.492 e. The molecule has 2 aromatic rings. The van der Waals surface area contributed by atoms with Gasteiger partial charge in [-0.3, -0.25) is 4.99 Å². The van der Waals surface area contributed by atoms with Gasteiger partial charge < -0.3 is 9.64 Å². The molecule has 0 amide bonds. The van der Waals surface area contributed by atoms with Crippen LogP contribution in [0, 0.1) is 6.92 Å². The highest BCUT2D eigenvalue weighted by molar-refractivity contribution is 5.86. The van der Waals surface area contributed by atoms with Crippen molar-refractivity contribution in [1.82, 2.24) is 0 Å². The molecule has 1 aliphatic heterocycles. The fourth-order valence-corrected chi connectivity index (χ4v) is 4.37. The number of nitrogens with zero attached hydrogens (tertiary/aromatic N) is 2. The third kappa shape index (κ3) is 3.87. The molecule has 27 heavy (non-hydrogen) atoms. The summed E-state index contributed by atoms with van der Waals surface area (Å²) >= 11 is 0. The van der Waals surface area contributed by atoms with Crippen LogP contribution in [0.1, 0.15) is 63.6 Å². The van der Waals surface area contributed by atoms with Crippen LogP contribution in [-0.2, 0) is 0 Å². The highest BCUT2D eigenvalue weighted by Gasteiger charge is 2.35. The lowest BCUT2D eigenvalue weighted by Crippen LogP contribution is -2.48. The van der Waals surface area contributed by atoms with E-state index in [4.69, 9.17) is 9.73 Å². The van der Waals surface area contributed by atoms with Crippen molar-refractivity contribution in [3.63, 3.8) is 0 Å². The Kier molecular flexibility index (Phi) is 5.59. The van der Waals surface area contributed by atoms with Crippen molar-refractivity contribution >= 4 is 17.6 Å². The van der Waals surface area contributed by atoms with Gasteiger partial charge in [0, 0.05) is 24.0 Å². The second kappa shape index (κ2) is 7.75. The van der Waals surface area contributed by atoms with Crippen LogP contribution in [0.25, 0.3) is 0 Å². The van der Waals surface area contributed by atoms with Gasteiger partial charge in [0.05, 0.1) is 6.61 Å². The molecule has 2 aromatic carbocycles. The molecular formula is C24H32N2O. The predicted octanol–water partition coefficient (Wildman–Crippen LogP) is 6.26. The lowest BCUT2D eigenvalue weighted by atomic mass is 9.79. The van der Waals surface area contributed by atoms with Crippen molar-refractivity contribution in [3.05, 3.63) is 53.1 Å². The number of aliphatic imine (C=N–C) groups is 1. The second-order valence-corrected chi connectivity index (χ2v) is 8.09. The monoisotopic (exact) mass is 364 g/mol. The lowest BCUT2D eigenvalue weighted by Gasteiger charge is -2.47. The molecule has 0 fully saturated rings. The van der Waals surface area contributed by atoms with Gasteiger partial charge in [0.15, 0.2) is 0 Å². The zero-order chi connectivity index (χ0) is 19.6. The summed E-state index contributed by atoms with van der Waals surface area (Å²) in [5.41, 5.74) is 6.32. The average molecular weight is 365 g/mol. The van der Waals surface area contributed by atoms with Crippen molar-refractivity contribution in [2.75, 3.05) is 18.1 Å². The number of hydrogen-bond donors (Lipinski definition) is 0. The number of ether oxygens (including phenoxy) is 1. The van der Waals surface area contributed by atoms with Crippen LogP contribution in [0.3, 0.4) is 0 Å². The van der Waals surface area contributed by atoms with E-state index >= 15 is 0 Å². The Bertz CT molecular complexity index is 838. The minimum atomic E-state index is 0.194. The molecule has 0 spiro atoms. The molecule has 3 heteroatoms. The number of anilines is 1. The summed E-state index contributed by atoms with van der Waals surface area (Å²) in [7, 11) is 0. The fourth-order valence-electron chi connectivity index (χ4n) is 4.37. The van der Waals surface area contributed by atoms with Crippen LogP contribution in [0.5, 0.6) is 5.75 Å². The Hall–Kier alpha value is -2.29. The fraction of sp³-hybridized carbons (Fsp3) is 0.458. The molecule has 1 aliphatic rings. The maximum Gasteiger partial charge on any atom is 0.144 e. The van der Waals surface area contributed by atoms with E-state index in [0.717, 1.165) is 18.0 Å². The van der Waals surface area contributed by atoms with Crippen molar-refractivity contribution in [2.24, 2.45) is 4.99 Å². The maximum atomic E-state index is 5.69. The van der Waals surface area contributed by atoms with Gasteiger partial charge in [0.2, 0.25) is 0 Å². The maximum absolute atomic E-state index is 5.69. The molecule has 0 aromatic heterocycles.